The summed E-state index contributed by atoms with van der Waals surface area (Å²) in [6, 6.07) is 19.4. The molecule has 0 amide bonds. The molecule has 0 unspecified atom stereocenters. The van der Waals surface area contributed by atoms with E-state index < -0.39 is 19.9 Å². The zero-order valence-corrected chi connectivity index (χ0v) is 18.1. The quantitative estimate of drug-likeness (QED) is 0.590. The molecule has 0 bridgehead atoms. The largest absolute Gasteiger partial charge is 0.495 e. The molecule has 0 atom stereocenters. The number of anilines is 1. The van der Waals surface area contributed by atoms with Crippen LogP contribution in [0.1, 0.15) is 11.1 Å². The minimum absolute atomic E-state index is 0.0808. The molecule has 0 saturated heterocycles. The van der Waals surface area contributed by atoms with Crippen LogP contribution < -0.4 is 9.46 Å². The molecule has 0 aliphatic rings. The lowest BCUT2D eigenvalue weighted by atomic mass is 10.2. The number of ether oxygens (including phenoxy) is 1. The van der Waals surface area contributed by atoms with Gasteiger partial charge in [0.15, 0.2) is 0 Å². The summed E-state index contributed by atoms with van der Waals surface area (Å²) in [7, 11) is -6.41. The minimum atomic E-state index is -3.89. The Labute approximate surface area is 176 Å². The Morgan fingerprint density at radius 3 is 2.17 bits per heavy atom. The van der Waals surface area contributed by atoms with Gasteiger partial charge in [-0.3, -0.25) is 4.72 Å². The average molecular weight is 444 g/mol. The third-order valence-corrected chi connectivity index (χ3v) is 7.12. The Morgan fingerprint density at radius 1 is 0.867 bits per heavy atom. The maximum absolute atomic E-state index is 12.9. The summed E-state index contributed by atoms with van der Waals surface area (Å²) in [4.78, 5) is -0.0569. The summed E-state index contributed by atoms with van der Waals surface area (Å²) in [6.45, 7) is 1.85. The highest BCUT2D eigenvalue weighted by molar-refractivity contribution is 7.94. The minimum Gasteiger partial charge on any atom is -0.495 e. The van der Waals surface area contributed by atoms with Crippen molar-refractivity contribution in [2.45, 2.75) is 16.7 Å². The van der Waals surface area contributed by atoms with Crippen LogP contribution in [0.5, 0.6) is 5.75 Å². The lowest BCUT2D eigenvalue weighted by Crippen LogP contribution is -2.13. The Hall–Kier alpha value is -3.10. The highest BCUT2D eigenvalue weighted by Crippen LogP contribution is 2.30. The smallest absolute Gasteiger partial charge is 0.261 e. The second kappa shape index (κ2) is 8.73. The Kier molecular flexibility index (Phi) is 6.28. The number of methoxy groups -OCH3 is 1. The standard InChI is InChI=1S/C22H21NO5S2/c1-17-8-11-20(12-9-17)30(26,27)23-19-10-13-21(28-2)22(16-19)29(24,25)15-14-18-6-4-3-5-7-18/h3-16,23H,1-2H3/b15-14+. The van der Waals surface area contributed by atoms with Crippen molar-refractivity contribution in [2.24, 2.45) is 0 Å². The Morgan fingerprint density at radius 2 is 1.53 bits per heavy atom. The monoisotopic (exact) mass is 443 g/mol. The molecule has 0 aliphatic carbocycles. The summed E-state index contributed by atoms with van der Waals surface area (Å²) in [6.07, 6.45) is 1.47. The molecule has 0 fully saturated rings. The van der Waals surface area contributed by atoms with Gasteiger partial charge in [-0.2, -0.15) is 0 Å². The molecular formula is C22H21NO5S2. The van der Waals surface area contributed by atoms with Crippen molar-refractivity contribution in [3.05, 3.63) is 89.3 Å². The molecule has 3 rings (SSSR count). The molecule has 0 saturated carbocycles. The van der Waals surface area contributed by atoms with E-state index in [2.05, 4.69) is 4.72 Å². The fourth-order valence-electron chi connectivity index (χ4n) is 2.70. The third kappa shape index (κ3) is 5.08. The van der Waals surface area contributed by atoms with Gasteiger partial charge in [0.05, 0.1) is 17.7 Å². The van der Waals surface area contributed by atoms with Crippen LogP contribution in [-0.2, 0) is 19.9 Å². The number of sulfone groups is 1. The highest BCUT2D eigenvalue weighted by Gasteiger charge is 2.20. The van der Waals surface area contributed by atoms with Gasteiger partial charge in [0.2, 0.25) is 9.84 Å². The molecule has 8 heteroatoms. The van der Waals surface area contributed by atoms with E-state index in [1.807, 2.05) is 13.0 Å². The van der Waals surface area contributed by atoms with Gasteiger partial charge in [-0.15, -0.1) is 0 Å². The average Bonchev–Trinajstić information content (AvgIpc) is 2.73. The zero-order chi connectivity index (χ0) is 21.8. The summed E-state index contributed by atoms with van der Waals surface area (Å²) >= 11 is 0. The third-order valence-electron chi connectivity index (χ3n) is 4.29. The van der Waals surface area contributed by atoms with E-state index in [1.54, 1.807) is 36.4 Å². The summed E-state index contributed by atoms with van der Waals surface area (Å²) in [5, 5.41) is 1.07. The first-order valence-electron chi connectivity index (χ1n) is 8.97. The van der Waals surface area contributed by atoms with E-state index in [4.69, 9.17) is 4.74 Å². The molecule has 0 heterocycles. The number of hydrogen-bond acceptors (Lipinski definition) is 5. The van der Waals surface area contributed by atoms with Crippen molar-refractivity contribution in [1.82, 2.24) is 0 Å². The van der Waals surface area contributed by atoms with Crippen molar-refractivity contribution in [3.63, 3.8) is 0 Å². The second-order valence-electron chi connectivity index (χ2n) is 6.54. The van der Waals surface area contributed by atoms with Crippen molar-refractivity contribution in [3.8, 4) is 5.75 Å². The normalized spacial score (nSPS) is 12.1. The first kappa shape index (κ1) is 21.6. The maximum atomic E-state index is 12.9. The van der Waals surface area contributed by atoms with E-state index >= 15 is 0 Å². The zero-order valence-electron chi connectivity index (χ0n) is 16.4. The van der Waals surface area contributed by atoms with Gasteiger partial charge in [0.25, 0.3) is 10.0 Å². The Balaban J connectivity index is 1.95. The maximum Gasteiger partial charge on any atom is 0.261 e. The first-order valence-corrected chi connectivity index (χ1v) is 12.0. The number of benzene rings is 3. The molecule has 3 aromatic rings. The van der Waals surface area contributed by atoms with Gasteiger partial charge in [0.1, 0.15) is 10.6 Å². The SMILES string of the molecule is COc1ccc(NS(=O)(=O)c2ccc(C)cc2)cc1S(=O)(=O)/C=C/c1ccccc1. The fourth-order valence-corrected chi connectivity index (χ4v) is 4.96. The topological polar surface area (TPSA) is 89.5 Å². The Bertz CT molecular complexity index is 1260. The van der Waals surface area contributed by atoms with Gasteiger partial charge in [-0.25, -0.2) is 16.8 Å². The van der Waals surface area contributed by atoms with Crippen LogP contribution in [-0.4, -0.2) is 23.9 Å². The summed E-state index contributed by atoms with van der Waals surface area (Å²) in [5.41, 5.74) is 1.76. The fraction of sp³-hybridized carbons (Fsp3) is 0.0909. The lowest BCUT2D eigenvalue weighted by molar-refractivity contribution is 0.403. The lowest BCUT2D eigenvalue weighted by Gasteiger charge is -2.12. The number of nitrogens with one attached hydrogen (secondary N) is 1. The number of aryl methyl sites for hydroxylation is 1. The van der Waals surface area contributed by atoms with Crippen LogP contribution >= 0.6 is 0 Å². The van der Waals surface area contributed by atoms with Crippen LogP contribution in [0.2, 0.25) is 0 Å². The predicted octanol–water partition coefficient (Wildman–Crippen LogP) is 4.25. The summed E-state index contributed by atoms with van der Waals surface area (Å²) < 4.78 is 58.6. The van der Waals surface area contributed by atoms with Gasteiger partial charge in [0, 0.05) is 5.41 Å². The molecule has 0 aliphatic heterocycles. The van der Waals surface area contributed by atoms with E-state index in [-0.39, 0.29) is 21.2 Å². The number of rotatable bonds is 7. The summed E-state index contributed by atoms with van der Waals surface area (Å²) in [5.74, 6) is 0.117. The van der Waals surface area contributed by atoms with Crippen molar-refractivity contribution in [2.75, 3.05) is 11.8 Å². The van der Waals surface area contributed by atoms with Crippen molar-refractivity contribution < 1.29 is 21.6 Å². The molecule has 6 nitrogen and oxygen atoms in total. The first-order chi connectivity index (χ1) is 14.2. The van der Waals surface area contributed by atoms with Crippen LogP contribution in [0.4, 0.5) is 5.69 Å². The molecule has 30 heavy (non-hydrogen) atoms. The van der Waals surface area contributed by atoms with Crippen LogP contribution in [0.25, 0.3) is 6.08 Å². The number of sulfonamides is 1. The van der Waals surface area contributed by atoms with E-state index in [1.165, 1.54) is 43.5 Å². The van der Waals surface area contributed by atoms with Crippen LogP contribution in [0, 0.1) is 6.92 Å². The number of hydrogen-bond donors (Lipinski definition) is 1. The molecule has 156 valence electrons. The van der Waals surface area contributed by atoms with E-state index in [9.17, 15) is 16.8 Å². The van der Waals surface area contributed by atoms with Crippen molar-refractivity contribution >= 4 is 31.6 Å². The van der Waals surface area contributed by atoms with Gasteiger partial charge < -0.3 is 4.74 Å². The predicted molar refractivity (Wildman–Crippen MR) is 118 cm³/mol. The molecule has 3 aromatic carbocycles. The van der Waals surface area contributed by atoms with Crippen molar-refractivity contribution in [1.29, 1.82) is 0 Å². The van der Waals surface area contributed by atoms with Gasteiger partial charge >= 0.3 is 0 Å². The second-order valence-corrected chi connectivity index (χ2v) is 10.0. The van der Waals surface area contributed by atoms with Gasteiger partial charge in [-0.05, 0) is 48.9 Å². The molecule has 0 radical (unpaired) electrons. The highest BCUT2D eigenvalue weighted by atomic mass is 32.2. The van der Waals surface area contributed by atoms with Gasteiger partial charge in [-0.1, -0.05) is 48.0 Å². The van der Waals surface area contributed by atoms with Crippen LogP contribution in [0.15, 0.2) is 88.0 Å². The molecular weight excluding hydrogens is 422 g/mol. The molecule has 1 N–H and O–H groups in total. The van der Waals surface area contributed by atoms with Crippen LogP contribution in [0.3, 0.4) is 0 Å². The van der Waals surface area contributed by atoms with E-state index in [0.29, 0.717) is 0 Å². The van der Waals surface area contributed by atoms with E-state index in [0.717, 1.165) is 16.5 Å². The molecule has 0 spiro atoms. The molecule has 0 aromatic heterocycles.